The molecule has 124 valence electrons. The minimum atomic E-state index is 0.134. The summed E-state index contributed by atoms with van der Waals surface area (Å²) in [7, 11) is 0. The monoisotopic (exact) mass is 324 g/mol. The van der Waals surface area contributed by atoms with Gasteiger partial charge >= 0.3 is 0 Å². The van der Waals surface area contributed by atoms with Gasteiger partial charge in [-0.2, -0.15) is 16.9 Å². The molecule has 0 spiro atoms. The number of carbonyl (C=O) groups excluding carboxylic acids is 1. The highest BCUT2D eigenvalue weighted by Gasteiger charge is 2.26. The molecule has 1 saturated heterocycles. The van der Waals surface area contributed by atoms with E-state index in [2.05, 4.69) is 35.3 Å². The van der Waals surface area contributed by atoms with Crippen LogP contribution in [0, 0.1) is 11.8 Å². The first kappa shape index (κ1) is 17.3. The number of nitrogens with one attached hydrogen (secondary N) is 1. The maximum absolute atomic E-state index is 12.3. The molecule has 1 fully saturated rings. The second kappa shape index (κ2) is 7.99. The molecule has 2 heterocycles. The third kappa shape index (κ3) is 4.48. The van der Waals surface area contributed by atoms with Crippen molar-refractivity contribution in [1.29, 1.82) is 0 Å². The van der Waals surface area contributed by atoms with E-state index < -0.39 is 0 Å². The number of thioether (sulfide) groups is 1. The van der Waals surface area contributed by atoms with Gasteiger partial charge < -0.3 is 4.90 Å². The lowest BCUT2D eigenvalue weighted by molar-refractivity contribution is -0.135. The maximum Gasteiger partial charge on any atom is 0.226 e. The lowest BCUT2D eigenvalue weighted by atomic mass is 9.92. The van der Waals surface area contributed by atoms with E-state index in [1.165, 1.54) is 0 Å². The molecule has 2 rings (SSSR count). The van der Waals surface area contributed by atoms with Gasteiger partial charge in [-0.05, 0) is 25.0 Å². The summed E-state index contributed by atoms with van der Waals surface area (Å²) in [6.07, 6.45) is 5.13. The van der Waals surface area contributed by atoms with E-state index in [0.29, 0.717) is 17.7 Å². The van der Waals surface area contributed by atoms with Gasteiger partial charge in [-0.25, -0.2) is 4.98 Å². The average Bonchev–Trinajstić information content (AvgIpc) is 2.96. The van der Waals surface area contributed by atoms with Crippen molar-refractivity contribution in [3.8, 4) is 0 Å². The Bertz CT molecular complexity index is 480. The van der Waals surface area contributed by atoms with Gasteiger partial charge in [-0.3, -0.25) is 9.89 Å². The van der Waals surface area contributed by atoms with E-state index in [4.69, 9.17) is 0 Å². The molecular formula is C16H28N4OS. The molecule has 1 aromatic heterocycles. The van der Waals surface area contributed by atoms with Crippen LogP contribution in [0.1, 0.15) is 51.2 Å². The van der Waals surface area contributed by atoms with Crippen molar-refractivity contribution >= 4 is 17.7 Å². The lowest BCUT2D eigenvalue weighted by Gasteiger charge is -2.33. The Kier molecular flexibility index (Phi) is 6.29. The van der Waals surface area contributed by atoms with Gasteiger partial charge in [0.15, 0.2) is 5.82 Å². The van der Waals surface area contributed by atoms with Crippen molar-refractivity contribution in [2.75, 3.05) is 25.1 Å². The van der Waals surface area contributed by atoms with Crippen LogP contribution in [0.4, 0.5) is 0 Å². The van der Waals surface area contributed by atoms with Gasteiger partial charge in [0, 0.05) is 37.1 Å². The van der Waals surface area contributed by atoms with Crippen molar-refractivity contribution in [3.63, 3.8) is 0 Å². The zero-order chi connectivity index (χ0) is 16.1. The highest BCUT2D eigenvalue weighted by atomic mass is 32.2. The first-order valence-corrected chi connectivity index (χ1v) is 9.59. The summed E-state index contributed by atoms with van der Waals surface area (Å²) >= 11 is 1.74. The molecule has 1 atom stereocenters. The molecule has 1 aliphatic rings. The van der Waals surface area contributed by atoms with E-state index in [9.17, 15) is 4.79 Å². The average molecular weight is 324 g/mol. The summed E-state index contributed by atoms with van der Waals surface area (Å²) in [6, 6.07) is 0. The van der Waals surface area contributed by atoms with Gasteiger partial charge in [0.05, 0.1) is 0 Å². The summed E-state index contributed by atoms with van der Waals surface area (Å²) in [5, 5.41) is 7.32. The molecular weight excluding hydrogens is 296 g/mol. The van der Waals surface area contributed by atoms with E-state index in [1.54, 1.807) is 11.8 Å². The van der Waals surface area contributed by atoms with Crippen LogP contribution in [0.2, 0.25) is 0 Å². The van der Waals surface area contributed by atoms with Crippen molar-refractivity contribution in [1.82, 2.24) is 20.1 Å². The van der Waals surface area contributed by atoms with E-state index in [0.717, 1.165) is 49.8 Å². The molecule has 22 heavy (non-hydrogen) atoms. The van der Waals surface area contributed by atoms with Crippen LogP contribution in [0.15, 0.2) is 0 Å². The molecule has 1 aliphatic heterocycles. The predicted molar refractivity (Wildman–Crippen MR) is 91.0 cm³/mol. The molecule has 5 nitrogen and oxygen atoms in total. The Labute approximate surface area is 137 Å². The van der Waals surface area contributed by atoms with Crippen molar-refractivity contribution in [2.45, 2.75) is 46.0 Å². The summed E-state index contributed by atoms with van der Waals surface area (Å²) in [5.74, 6) is 4.21. The minimum absolute atomic E-state index is 0.134. The van der Waals surface area contributed by atoms with Crippen LogP contribution < -0.4 is 0 Å². The highest BCUT2D eigenvalue weighted by Crippen LogP contribution is 2.22. The first-order chi connectivity index (χ1) is 10.5. The van der Waals surface area contributed by atoms with Crippen LogP contribution in [0.25, 0.3) is 0 Å². The fourth-order valence-corrected chi connectivity index (χ4v) is 3.57. The number of likely N-dealkylation sites (tertiary alicyclic amines) is 1. The fraction of sp³-hybridized carbons (Fsp3) is 0.812. The zero-order valence-electron chi connectivity index (χ0n) is 14.1. The Morgan fingerprint density at radius 2 is 2.05 bits per heavy atom. The van der Waals surface area contributed by atoms with Crippen molar-refractivity contribution in [2.24, 2.45) is 11.8 Å². The topological polar surface area (TPSA) is 61.9 Å². The van der Waals surface area contributed by atoms with Crippen LogP contribution in [-0.4, -0.2) is 51.1 Å². The highest BCUT2D eigenvalue weighted by molar-refractivity contribution is 7.98. The van der Waals surface area contributed by atoms with Gasteiger partial charge in [0.25, 0.3) is 0 Å². The molecule has 0 aliphatic carbocycles. The summed E-state index contributed by atoms with van der Waals surface area (Å²) < 4.78 is 0. The summed E-state index contributed by atoms with van der Waals surface area (Å²) in [5.41, 5.74) is 0. The number of hydrogen-bond acceptors (Lipinski definition) is 4. The molecule has 1 N–H and O–H groups in total. The lowest BCUT2D eigenvalue weighted by Crippen LogP contribution is -2.42. The number of hydrogen-bond donors (Lipinski definition) is 1. The first-order valence-electron chi connectivity index (χ1n) is 8.20. The number of aromatic nitrogens is 3. The fourth-order valence-electron chi connectivity index (χ4n) is 2.92. The van der Waals surface area contributed by atoms with Gasteiger partial charge in [-0.15, -0.1) is 0 Å². The van der Waals surface area contributed by atoms with Crippen molar-refractivity contribution in [3.05, 3.63) is 11.6 Å². The molecule has 6 heteroatoms. The Morgan fingerprint density at radius 1 is 1.36 bits per heavy atom. The number of carbonyl (C=O) groups is 1. The molecule has 0 aromatic carbocycles. The Balaban J connectivity index is 1.80. The van der Waals surface area contributed by atoms with Crippen molar-refractivity contribution < 1.29 is 4.79 Å². The van der Waals surface area contributed by atoms with E-state index in [-0.39, 0.29) is 5.92 Å². The summed E-state index contributed by atoms with van der Waals surface area (Å²) in [6.45, 7) is 8.01. The Hall–Kier alpha value is -1.04. The maximum atomic E-state index is 12.3. The van der Waals surface area contributed by atoms with Crippen LogP contribution in [-0.2, 0) is 11.2 Å². The zero-order valence-corrected chi connectivity index (χ0v) is 14.9. The number of nitrogens with zero attached hydrogens (tertiary/aromatic N) is 3. The number of amides is 1. The molecule has 1 amide bonds. The van der Waals surface area contributed by atoms with Gasteiger partial charge in [-0.1, -0.05) is 20.8 Å². The summed E-state index contributed by atoms with van der Waals surface area (Å²) in [4.78, 5) is 18.9. The largest absolute Gasteiger partial charge is 0.342 e. The smallest absolute Gasteiger partial charge is 0.226 e. The standard InChI is InChI=1S/C16H28N4OS/c1-11(2)15-17-14(18-19-15)9-13-5-7-20(8-6-13)16(21)12(3)10-22-4/h11-13H,5-10H2,1-4H3,(H,17,18,19). The van der Waals surface area contributed by atoms with Crippen LogP contribution >= 0.6 is 11.8 Å². The van der Waals surface area contributed by atoms with E-state index in [1.807, 2.05) is 11.8 Å². The van der Waals surface area contributed by atoms with Crippen LogP contribution in [0.5, 0.6) is 0 Å². The second-order valence-electron chi connectivity index (χ2n) is 6.62. The SMILES string of the molecule is CSCC(C)C(=O)N1CCC(Cc2nc(C(C)C)n[nH]2)CC1. The minimum Gasteiger partial charge on any atom is -0.342 e. The molecule has 1 unspecified atom stereocenters. The second-order valence-corrected chi connectivity index (χ2v) is 7.53. The quantitative estimate of drug-likeness (QED) is 0.874. The third-order valence-corrected chi connectivity index (χ3v) is 5.15. The molecule has 0 bridgehead atoms. The van der Waals surface area contributed by atoms with Crippen LogP contribution in [0.3, 0.4) is 0 Å². The molecule has 0 radical (unpaired) electrons. The molecule has 1 aromatic rings. The third-order valence-electron chi connectivity index (χ3n) is 4.31. The number of rotatable bonds is 6. The molecule has 0 saturated carbocycles. The van der Waals surface area contributed by atoms with Gasteiger partial charge in [0.2, 0.25) is 5.91 Å². The predicted octanol–water partition coefficient (Wildman–Crippen LogP) is 2.71. The van der Waals surface area contributed by atoms with E-state index >= 15 is 0 Å². The number of H-pyrrole nitrogens is 1. The normalized spacial score (nSPS) is 18.0. The number of aromatic amines is 1. The number of piperidine rings is 1. The van der Waals surface area contributed by atoms with Gasteiger partial charge in [0.1, 0.15) is 5.82 Å². The Morgan fingerprint density at radius 3 is 2.59 bits per heavy atom.